The standard InChI is InChI=1S/C14H17FN2OS/c1-3-4-12-14(19-17-16-12)13(18)8-10-5-6-11(15)7-9(10)2/h5-7,13,18H,3-4,8H2,1-2H3. The maximum absolute atomic E-state index is 13.0. The van der Waals surface area contributed by atoms with E-state index in [0.29, 0.717) is 6.42 Å². The van der Waals surface area contributed by atoms with Crippen molar-refractivity contribution >= 4 is 11.5 Å². The molecule has 0 aliphatic rings. The zero-order valence-electron chi connectivity index (χ0n) is 11.1. The number of hydrogen-bond acceptors (Lipinski definition) is 4. The van der Waals surface area contributed by atoms with E-state index in [1.165, 1.54) is 23.7 Å². The van der Waals surface area contributed by atoms with Crippen LogP contribution in [0.2, 0.25) is 0 Å². The maximum Gasteiger partial charge on any atom is 0.123 e. The van der Waals surface area contributed by atoms with E-state index in [1.54, 1.807) is 6.07 Å². The van der Waals surface area contributed by atoms with Crippen LogP contribution in [-0.2, 0) is 12.8 Å². The molecule has 1 heterocycles. The molecule has 0 aliphatic carbocycles. The van der Waals surface area contributed by atoms with E-state index in [-0.39, 0.29) is 5.82 Å². The fraction of sp³-hybridized carbons (Fsp3) is 0.429. The summed E-state index contributed by atoms with van der Waals surface area (Å²) in [6, 6.07) is 4.63. The summed E-state index contributed by atoms with van der Waals surface area (Å²) in [6.07, 6.45) is 1.64. The molecule has 0 bridgehead atoms. The van der Waals surface area contributed by atoms with Crippen molar-refractivity contribution in [3.63, 3.8) is 0 Å². The normalized spacial score (nSPS) is 12.6. The molecule has 19 heavy (non-hydrogen) atoms. The van der Waals surface area contributed by atoms with Crippen LogP contribution < -0.4 is 0 Å². The Labute approximate surface area is 116 Å². The lowest BCUT2D eigenvalue weighted by Crippen LogP contribution is -2.04. The minimum atomic E-state index is -0.620. The second-order valence-electron chi connectivity index (χ2n) is 4.62. The molecule has 0 fully saturated rings. The highest BCUT2D eigenvalue weighted by Gasteiger charge is 2.17. The van der Waals surface area contributed by atoms with Crippen molar-refractivity contribution in [3.05, 3.63) is 45.7 Å². The Balaban J connectivity index is 2.16. The van der Waals surface area contributed by atoms with Crippen LogP contribution >= 0.6 is 11.5 Å². The topological polar surface area (TPSA) is 46.0 Å². The molecule has 0 aliphatic heterocycles. The highest BCUT2D eigenvalue weighted by molar-refractivity contribution is 7.05. The van der Waals surface area contributed by atoms with Crippen LogP contribution in [0.25, 0.3) is 0 Å². The summed E-state index contributed by atoms with van der Waals surface area (Å²) in [4.78, 5) is 0.825. The van der Waals surface area contributed by atoms with Gasteiger partial charge in [0.15, 0.2) is 0 Å². The molecular weight excluding hydrogens is 263 g/mol. The van der Waals surface area contributed by atoms with Crippen molar-refractivity contribution in [1.29, 1.82) is 0 Å². The van der Waals surface area contributed by atoms with Gasteiger partial charge in [-0.05, 0) is 48.1 Å². The molecule has 0 saturated carbocycles. The predicted octanol–water partition coefficient (Wildman–Crippen LogP) is 3.21. The Morgan fingerprint density at radius 3 is 2.89 bits per heavy atom. The van der Waals surface area contributed by atoms with Crippen molar-refractivity contribution in [2.24, 2.45) is 0 Å². The molecule has 3 nitrogen and oxygen atoms in total. The molecule has 1 aromatic carbocycles. The summed E-state index contributed by atoms with van der Waals surface area (Å²) >= 11 is 1.24. The third kappa shape index (κ3) is 3.36. The van der Waals surface area contributed by atoms with Crippen molar-refractivity contribution in [3.8, 4) is 0 Å². The summed E-state index contributed by atoms with van der Waals surface area (Å²) in [5.41, 5.74) is 2.68. The first-order valence-corrected chi connectivity index (χ1v) is 7.13. The van der Waals surface area contributed by atoms with E-state index in [0.717, 1.165) is 34.5 Å². The SMILES string of the molecule is CCCc1nnsc1C(O)Cc1ccc(F)cc1C. The number of benzene rings is 1. The Morgan fingerprint density at radius 1 is 1.42 bits per heavy atom. The number of rotatable bonds is 5. The molecule has 1 N–H and O–H groups in total. The van der Waals surface area contributed by atoms with Gasteiger partial charge in [0.25, 0.3) is 0 Å². The van der Waals surface area contributed by atoms with E-state index in [9.17, 15) is 9.50 Å². The Hall–Kier alpha value is -1.33. The van der Waals surface area contributed by atoms with Crippen molar-refractivity contribution in [1.82, 2.24) is 9.59 Å². The number of hydrogen-bond donors (Lipinski definition) is 1. The second-order valence-corrected chi connectivity index (χ2v) is 5.41. The largest absolute Gasteiger partial charge is 0.387 e. The van der Waals surface area contributed by atoms with Gasteiger partial charge in [0, 0.05) is 6.42 Å². The lowest BCUT2D eigenvalue weighted by atomic mass is 10.0. The number of aromatic nitrogens is 2. The second kappa shape index (κ2) is 6.21. The van der Waals surface area contributed by atoms with Gasteiger partial charge in [-0.2, -0.15) is 0 Å². The minimum Gasteiger partial charge on any atom is -0.387 e. The lowest BCUT2D eigenvalue weighted by Gasteiger charge is -2.11. The fourth-order valence-electron chi connectivity index (χ4n) is 2.07. The van der Waals surface area contributed by atoms with Gasteiger partial charge in [-0.25, -0.2) is 4.39 Å². The first kappa shape index (κ1) is 14.1. The molecule has 5 heteroatoms. The van der Waals surface area contributed by atoms with Gasteiger partial charge in [-0.1, -0.05) is 23.9 Å². The third-order valence-corrected chi connectivity index (χ3v) is 3.96. The van der Waals surface area contributed by atoms with Crippen LogP contribution in [0.1, 0.15) is 41.1 Å². The lowest BCUT2D eigenvalue weighted by molar-refractivity contribution is 0.180. The fourth-order valence-corrected chi connectivity index (χ4v) is 2.75. The Morgan fingerprint density at radius 2 is 2.21 bits per heavy atom. The van der Waals surface area contributed by atoms with Crippen LogP contribution in [0.5, 0.6) is 0 Å². The predicted molar refractivity (Wildman–Crippen MR) is 73.7 cm³/mol. The van der Waals surface area contributed by atoms with E-state index in [2.05, 4.69) is 16.5 Å². The van der Waals surface area contributed by atoms with E-state index >= 15 is 0 Å². The molecule has 2 rings (SSSR count). The average Bonchev–Trinajstić information content (AvgIpc) is 2.81. The summed E-state index contributed by atoms with van der Waals surface area (Å²) in [5.74, 6) is -0.248. The molecule has 1 atom stereocenters. The van der Waals surface area contributed by atoms with E-state index < -0.39 is 6.10 Å². The number of aliphatic hydroxyl groups is 1. The van der Waals surface area contributed by atoms with Crippen LogP contribution in [-0.4, -0.2) is 14.7 Å². The van der Waals surface area contributed by atoms with Gasteiger partial charge < -0.3 is 5.11 Å². The van der Waals surface area contributed by atoms with Gasteiger partial charge in [-0.15, -0.1) is 5.10 Å². The molecule has 0 radical (unpaired) electrons. The summed E-state index contributed by atoms with van der Waals surface area (Å²) in [5, 5.41) is 14.4. The molecule has 0 saturated heterocycles. The van der Waals surface area contributed by atoms with Gasteiger partial charge in [0.05, 0.1) is 16.7 Å². The molecule has 0 spiro atoms. The highest BCUT2D eigenvalue weighted by Crippen LogP contribution is 2.26. The number of aliphatic hydroxyl groups excluding tert-OH is 1. The zero-order chi connectivity index (χ0) is 13.8. The van der Waals surface area contributed by atoms with E-state index in [1.807, 2.05) is 6.92 Å². The first-order valence-electron chi connectivity index (χ1n) is 6.36. The maximum atomic E-state index is 13.0. The Bertz CT molecular complexity index is 556. The van der Waals surface area contributed by atoms with Gasteiger partial charge in [0.1, 0.15) is 5.82 Å². The van der Waals surface area contributed by atoms with E-state index in [4.69, 9.17) is 0 Å². The Kier molecular flexibility index (Phi) is 4.61. The van der Waals surface area contributed by atoms with Gasteiger partial charge >= 0.3 is 0 Å². The summed E-state index contributed by atoms with van der Waals surface area (Å²) in [7, 11) is 0. The average molecular weight is 280 g/mol. The molecule has 2 aromatic rings. The highest BCUT2D eigenvalue weighted by atomic mass is 32.1. The molecule has 1 unspecified atom stereocenters. The molecule has 1 aromatic heterocycles. The smallest absolute Gasteiger partial charge is 0.123 e. The van der Waals surface area contributed by atoms with Crippen LogP contribution in [0.15, 0.2) is 18.2 Å². The quantitative estimate of drug-likeness (QED) is 0.914. The zero-order valence-corrected chi connectivity index (χ0v) is 11.9. The molecular formula is C14H17FN2OS. The van der Waals surface area contributed by atoms with Gasteiger partial charge in [-0.3, -0.25) is 0 Å². The summed E-state index contributed by atoms with van der Waals surface area (Å²) in [6.45, 7) is 3.92. The van der Waals surface area contributed by atoms with Crippen molar-refractivity contribution in [2.45, 2.75) is 39.2 Å². The molecule has 102 valence electrons. The number of aryl methyl sites for hydroxylation is 2. The third-order valence-electron chi connectivity index (χ3n) is 3.09. The van der Waals surface area contributed by atoms with Crippen LogP contribution in [0.4, 0.5) is 4.39 Å². The number of halogens is 1. The van der Waals surface area contributed by atoms with Crippen LogP contribution in [0.3, 0.4) is 0 Å². The summed E-state index contributed by atoms with van der Waals surface area (Å²) < 4.78 is 17.0. The number of nitrogens with zero attached hydrogens (tertiary/aromatic N) is 2. The van der Waals surface area contributed by atoms with Crippen LogP contribution in [0, 0.1) is 12.7 Å². The van der Waals surface area contributed by atoms with Crippen molar-refractivity contribution < 1.29 is 9.50 Å². The van der Waals surface area contributed by atoms with Gasteiger partial charge in [0.2, 0.25) is 0 Å². The molecule has 0 amide bonds. The first-order chi connectivity index (χ1) is 9.11. The van der Waals surface area contributed by atoms with Crippen molar-refractivity contribution in [2.75, 3.05) is 0 Å². The monoisotopic (exact) mass is 280 g/mol. The minimum absolute atomic E-state index is 0.248.